The number of nitrogens with zero attached hydrogens (tertiary/aromatic N) is 2. The molecule has 0 spiro atoms. The quantitative estimate of drug-likeness (QED) is 0.932. The van der Waals surface area contributed by atoms with Crippen LogP contribution in [0.25, 0.3) is 0 Å². The second-order valence-electron chi connectivity index (χ2n) is 5.33. The van der Waals surface area contributed by atoms with Crippen LogP contribution in [0.2, 0.25) is 5.02 Å². The Hall–Kier alpha value is -1.32. The second-order valence-corrected chi connectivity index (χ2v) is 5.77. The van der Waals surface area contributed by atoms with Crippen LogP contribution in [0.5, 0.6) is 0 Å². The highest BCUT2D eigenvalue weighted by Gasteiger charge is 2.23. The molecular formula is C16H20ClN3. The van der Waals surface area contributed by atoms with E-state index in [1.165, 1.54) is 29.7 Å². The molecule has 0 bridgehead atoms. The summed E-state index contributed by atoms with van der Waals surface area (Å²) in [6.45, 7) is 3.99. The van der Waals surface area contributed by atoms with E-state index in [1.54, 1.807) is 0 Å². The maximum absolute atomic E-state index is 5.93. The number of rotatable bonds is 4. The topological polar surface area (TPSA) is 29.9 Å². The Kier molecular flexibility index (Phi) is 4.08. The molecule has 106 valence electrons. The zero-order chi connectivity index (χ0) is 13.9. The Bertz CT molecular complexity index is 574. The lowest BCUT2D eigenvalue weighted by Gasteiger charge is -2.23. The van der Waals surface area contributed by atoms with E-state index >= 15 is 0 Å². The average Bonchev–Trinajstić information content (AvgIpc) is 2.86. The van der Waals surface area contributed by atoms with E-state index < -0.39 is 0 Å². The summed E-state index contributed by atoms with van der Waals surface area (Å²) in [7, 11) is 0. The molecule has 1 N–H and O–H groups in total. The van der Waals surface area contributed by atoms with Crippen molar-refractivity contribution >= 4 is 11.6 Å². The van der Waals surface area contributed by atoms with E-state index in [0.717, 1.165) is 24.5 Å². The molecule has 0 aliphatic heterocycles. The molecule has 1 atom stereocenters. The van der Waals surface area contributed by atoms with Gasteiger partial charge < -0.3 is 5.32 Å². The Balaban J connectivity index is 1.83. The summed E-state index contributed by atoms with van der Waals surface area (Å²) >= 11 is 5.93. The normalized spacial score (nSPS) is 18.0. The zero-order valence-electron chi connectivity index (χ0n) is 11.8. The number of hydrogen-bond acceptors (Lipinski definition) is 2. The Morgan fingerprint density at radius 3 is 2.90 bits per heavy atom. The number of aromatic nitrogens is 2. The molecule has 0 saturated carbocycles. The van der Waals surface area contributed by atoms with Crippen LogP contribution in [0.1, 0.15) is 42.6 Å². The highest BCUT2D eigenvalue weighted by molar-refractivity contribution is 6.30. The molecule has 0 amide bonds. The monoisotopic (exact) mass is 289 g/mol. The van der Waals surface area contributed by atoms with E-state index in [-0.39, 0.29) is 0 Å². The van der Waals surface area contributed by atoms with Gasteiger partial charge in [0, 0.05) is 22.3 Å². The number of hydrogen-bond donors (Lipinski definition) is 1. The van der Waals surface area contributed by atoms with Crippen LogP contribution in [-0.2, 0) is 13.0 Å². The van der Waals surface area contributed by atoms with Crippen molar-refractivity contribution in [1.29, 1.82) is 0 Å². The highest BCUT2D eigenvalue weighted by atomic mass is 35.5. The summed E-state index contributed by atoms with van der Waals surface area (Å²) in [4.78, 5) is 0. The van der Waals surface area contributed by atoms with Crippen LogP contribution in [0.15, 0.2) is 30.5 Å². The van der Waals surface area contributed by atoms with Crippen molar-refractivity contribution in [3.63, 3.8) is 0 Å². The highest BCUT2D eigenvalue weighted by Crippen LogP contribution is 2.29. The first-order valence-electron chi connectivity index (χ1n) is 7.30. The van der Waals surface area contributed by atoms with Gasteiger partial charge in [-0.3, -0.25) is 4.68 Å². The number of fused-ring (bicyclic) bond motifs is 1. The minimum absolute atomic E-state index is 0.475. The standard InChI is InChI=1S/C16H20ClN3/c1-2-18-15-4-3-5-16-14(15)10-19-20(16)11-12-6-8-13(17)9-7-12/h6-10,15,18H,2-5,11H2,1H3. The van der Waals surface area contributed by atoms with Gasteiger partial charge in [-0.15, -0.1) is 0 Å². The summed E-state index contributed by atoms with van der Waals surface area (Å²) in [5, 5.41) is 8.93. The molecule has 1 aromatic carbocycles. The largest absolute Gasteiger partial charge is 0.310 e. The molecule has 1 aromatic heterocycles. The van der Waals surface area contributed by atoms with Crippen molar-refractivity contribution in [2.24, 2.45) is 0 Å². The molecule has 1 aliphatic carbocycles. The number of nitrogens with one attached hydrogen (secondary N) is 1. The molecule has 1 heterocycles. The van der Waals surface area contributed by atoms with E-state index in [4.69, 9.17) is 11.6 Å². The first-order chi connectivity index (χ1) is 9.78. The molecule has 0 fully saturated rings. The Morgan fingerprint density at radius 1 is 1.35 bits per heavy atom. The first-order valence-corrected chi connectivity index (χ1v) is 7.68. The second kappa shape index (κ2) is 5.98. The van der Waals surface area contributed by atoms with Crippen LogP contribution in [0.3, 0.4) is 0 Å². The minimum atomic E-state index is 0.475. The van der Waals surface area contributed by atoms with Gasteiger partial charge in [0.05, 0.1) is 12.7 Å². The fourth-order valence-corrected chi connectivity index (χ4v) is 3.10. The van der Waals surface area contributed by atoms with Gasteiger partial charge in [0.1, 0.15) is 0 Å². The summed E-state index contributed by atoms with van der Waals surface area (Å²) in [5.41, 5.74) is 4.01. The van der Waals surface area contributed by atoms with Crippen LogP contribution >= 0.6 is 11.6 Å². The van der Waals surface area contributed by atoms with Gasteiger partial charge in [0.15, 0.2) is 0 Å². The van der Waals surface area contributed by atoms with Gasteiger partial charge in [-0.05, 0) is 43.5 Å². The fraction of sp³-hybridized carbons (Fsp3) is 0.438. The van der Waals surface area contributed by atoms with Crippen molar-refractivity contribution in [2.75, 3.05) is 6.54 Å². The third-order valence-corrected chi connectivity index (χ3v) is 4.21. The van der Waals surface area contributed by atoms with E-state index in [1.807, 2.05) is 18.3 Å². The SMILES string of the molecule is CCNC1CCCc2c1cnn2Cc1ccc(Cl)cc1. The van der Waals surface area contributed by atoms with E-state index in [2.05, 4.69) is 34.2 Å². The van der Waals surface area contributed by atoms with E-state index in [9.17, 15) is 0 Å². The lowest BCUT2D eigenvalue weighted by atomic mass is 9.93. The summed E-state index contributed by atoms with van der Waals surface area (Å²) in [6.07, 6.45) is 5.62. The van der Waals surface area contributed by atoms with Gasteiger partial charge in [-0.2, -0.15) is 5.10 Å². The van der Waals surface area contributed by atoms with Crippen LogP contribution < -0.4 is 5.32 Å². The summed E-state index contributed by atoms with van der Waals surface area (Å²) < 4.78 is 2.14. The fourth-order valence-electron chi connectivity index (χ4n) is 2.98. The van der Waals surface area contributed by atoms with Gasteiger partial charge in [-0.1, -0.05) is 30.7 Å². The maximum atomic E-state index is 5.93. The summed E-state index contributed by atoms with van der Waals surface area (Å²) in [6, 6.07) is 8.49. The first kappa shape index (κ1) is 13.7. The Morgan fingerprint density at radius 2 is 2.15 bits per heavy atom. The molecule has 0 saturated heterocycles. The third-order valence-electron chi connectivity index (χ3n) is 3.96. The van der Waals surface area contributed by atoms with E-state index in [0.29, 0.717) is 6.04 Å². The van der Waals surface area contributed by atoms with Crippen LogP contribution in [0, 0.1) is 0 Å². The molecule has 20 heavy (non-hydrogen) atoms. The van der Waals surface area contributed by atoms with Crippen molar-refractivity contribution < 1.29 is 0 Å². The number of halogens is 1. The molecule has 4 heteroatoms. The predicted molar refractivity (Wildman–Crippen MR) is 82.1 cm³/mol. The van der Waals surface area contributed by atoms with Gasteiger partial charge in [-0.25, -0.2) is 0 Å². The smallest absolute Gasteiger partial charge is 0.0662 e. The number of benzene rings is 1. The lowest BCUT2D eigenvalue weighted by molar-refractivity contribution is 0.460. The molecule has 1 unspecified atom stereocenters. The third kappa shape index (κ3) is 2.74. The zero-order valence-corrected chi connectivity index (χ0v) is 12.5. The molecule has 1 aliphatic rings. The van der Waals surface area contributed by atoms with Gasteiger partial charge in [0.2, 0.25) is 0 Å². The van der Waals surface area contributed by atoms with Crippen molar-refractivity contribution in [3.8, 4) is 0 Å². The average molecular weight is 290 g/mol. The predicted octanol–water partition coefficient (Wildman–Crippen LogP) is 3.57. The van der Waals surface area contributed by atoms with Crippen molar-refractivity contribution in [2.45, 2.75) is 38.8 Å². The van der Waals surface area contributed by atoms with Crippen molar-refractivity contribution in [1.82, 2.24) is 15.1 Å². The maximum Gasteiger partial charge on any atom is 0.0662 e. The molecule has 2 aromatic rings. The van der Waals surface area contributed by atoms with Gasteiger partial charge >= 0.3 is 0 Å². The molecule has 0 radical (unpaired) electrons. The van der Waals surface area contributed by atoms with Gasteiger partial charge in [0.25, 0.3) is 0 Å². The van der Waals surface area contributed by atoms with Crippen LogP contribution in [0.4, 0.5) is 0 Å². The minimum Gasteiger partial charge on any atom is -0.310 e. The summed E-state index contributed by atoms with van der Waals surface area (Å²) in [5.74, 6) is 0. The molecule has 3 nitrogen and oxygen atoms in total. The lowest BCUT2D eigenvalue weighted by Crippen LogP contribution is -2.25. The Labute approximate surface area is 124 Å². The molecule has 3 rings (SSSR count). The van der Waals surface area contributed by atoms with Crippen molar-refractivity contribution in [3.05, 3.63) is 52.3 Å². The van der Waals surface area contributed by atoms with Crippen LogP contribution in [-0.4, -0.2) is 16.3 Å². The molecular weight excluding hydrogens is 270 g/mol.